The Labute approximate surface area is 436 Å². The maximum Gasteiger partial charge on any atom is 0.255 e. The highest BCUT2D eigenvalue weighted by Crippen LogP contribution is 2.28. The van der Waals surface area contributed by atoms with E-state index in [-0.39, 0.29) is 27.5 Å². The first-order chi connectivity index (χ1) is 35.8. The predicted octanol–water partition coefficient (Wildman–Crippen LogP) is 9.89. The van der Waals surface area contributed by atoms with Crippen molar-refractivity contribution in [2.75, 3.05) is 16.0 Å². The quantitative estimate of drug-likeness (QED) is 0.0830. The van der Waals surface area contributed by atoms with E-state index in [1.165, 1.54) is 35.4 Å². The van der Waals surface area contributed by atoms with Crippen molar-refractivity contribution in [2.24, 2.45) is 14.1 Å². The number of anilines is 3. The molecule has 0 saturated heterocycles. The second-order valence-corrected chi connectivity index (χ2v) is 20.1. The average molecular weight is 1040 g/mol. The number of carbonyl (C=O) groups excluding carboxylic acids is 3. The zero-order valence-electron chi connectivity index (χ0n) is 41.2. The van der Waals surface area contributed by atoms with Crippen molar-refractivity contribution in [1.29, 1.82) is 0 Å². The first-order valence-electron chi connectivity index (χ1n) is 23.2. The summed E-state index contributed by atoms with van der Waals surface area (Å²) in [5.74, 6) is -0.857. The minimum atomic E-state index is -4.27. The van der Waals surface area contributed by atoms with Crippen LogP contribution in [0.5, 0.6) is 0 Å². The highest BCUT2D eigenvalue weighted by Gasteiger charge is 2.13. The Bertz CT molecular complexity index is 3600. The molecule has 3 amide bonds. The van der Waals surface area contributed by atoms with Gasteiger partial charge in [0.15, 0.2) is 24.8 Å². The predicted molar refractivity (Wildman–Crippen MR) is 287 cm³/mol. The Balaban J connectivity index is 0.000000306. The number of benzene rings is 7. The molecule has 16 heteroatoms. The summed E-state index contributed by atoms with van der Waals surface area (Å²) < 4.78 is 66.2. The number of nitrogens with one attached hydrogen (secondary N) is 3. The molecule has 9 rings (SSSR count). The maximum atomic E-state index is 13.0. The second-order valence-electron chi connectivity index (χ2n) is 17.3. The Hall–Kier alpha value is -8.93. The van der Waals surface area contributed by atoms with Gasteiger partial charge in [0.05, 0.1) is 9.79 Å². The highest BCUT2D eigenvalue weighted by atomic mass is 32.2. The van der Waals surface area contributed by atoms with E-state index < -0.39 is 20.2 Å². The molecule has 3 N–H and O–H groups in total. The van der Waals surface area contributed by atoms with E-state index in [1.807, 2.05) is 98.1 Å². The zero-order chi connectivity index (χ0) is 53.7. The molecule has 0 unspecified atom stereocenters. The fourth-order valence-electron chi connectivity index (χ4n) is 7.37. The molecular weight excluding hydrogens is 987 g/mol. The van der Waals surface area contributed by atoms with Crippen LogP contribution < -0.4 is 25.1 Å². The highest BCUT2D eigenvalue weighted by molar-refractivity contribution is 7.86. The van der Waals surface area contributed by atoms with Crippen LogP contribution in [-0.4, -0.2) is 43.7 Å². The SMILES string of the molecule is C[n+]1cccc(NC(=O)c2ccc(NC(=O)c3ccc(C(=O)Nc4ccc(-c5ccc(-c6ccc(-c7ccc[n+](C)c7)cc6)cc5)cc4)cc3)cc2)c1.Cc1ccc(S(=O)(=O)[O-])cc1.Cc1ccc(S(=O)(=O)[O-])cc1. The number of amides is 3. The number of nitrogens with zero attached hydrogens (tertiary/aromatic N) is 2. The van der Waals surface area contributed by atoms with E-state index in [4.69, 9.17) is 0 Å². The summed E-state index contributed by atoms with van der Waals surface area (Å²) in [4.78, 5) is 38.2. The van der Waals surface area contributed by atoms with Gasteiger partial charge in [0.1, 0.15) is 40.0 Å². The third kappa shape index (κ3) is 15.5. The fourth-order valence-corrected chi connectivity index (χ4v) is 8.31. The molecule has 0 atom stereocenters. The second kappa shape index (κ2) is 24.2. The number of aromatic nitrogens is 2. The molecule has 0 aliphatic heterocycles. The van der Waals surface area contributed by atoms with E-state index in [2.05, 4.69) is 76.7 Å². The van der Waals surface area contributed by atoms with E-state index >= 15 is 0 Å². The lowest BCUT2D eigenvalue weighted by Crippen LogP contribution is -2.27. The van der Waals surface area contributed by atoms with Gasteiger partial charge in [-0.1, -0.05) is 96.1 Å². The summed E-state index contributed by atoms with van der Waals surface area (Å²) in [5.41, 5.74) is 11.8. The lowest BCUT2D eigenvalue weighted by atomic mass is 9.98. The molecule has 0 saturated carbocycles. The fraction of sp³-hybridized carbons (Fsp3) is 0.0678. The summed E-state index contributed by atoms with van der Waals surface area (Å²) in [5, 5.41) is 8.62. The molecule has 0 fully saturated rings. The average Bonchev–Trinajstić information content (AvgIpc) is 3.39. The molecule has 7 aromatic carbocycles. The van der Waals surface area contributed by atoms with Crippen LogP contribution in [0.15, 0.2) is 229 Å². The normalized spacial score (nSPS) is 10.9. The molecule has 0 spiro atoms. The van der Waals surface area contributed by atoms with Crippen molar-refractivity contribution in [3.63, 3.8) is 0 Å². The summed E-state index contributed by atoms with van der Waals surface area (Å²) in [7, 11) is -4.64. The maximum absolute atomic E-state index is 13.0. The van der Waals surface area contributed by atoms with Gasteiger partial charge in [-0.3, -0.25) is 14.4 Å². The molecule has 0 aliphatic carbocycles. The molecule has 0 radical (unpaired) electrons. The van der Waals surface area contributed by atoms with E-state index in [0.29, 0.717) is 33.8 Å². The van der Waals surface area contributed by atoms with Crippen LogP contribution in [0.1, 0.15) is 42.2 Å². The van der Waals surface area contributed by atoms with Crippen LogP contribution >= 0.6 is 0 Å². The number of hydrogen-bond donors (Lipinski definition) is 3. The number of aryl methyl sites for hydroxylation is 4. The van der Waals surface area contributed by atoms with E-state index in [9.17, 15) is 40.3 Å². The zero-order valence-corrected chi connectivity index (χ0v) is 42.8. The standard InChI is InChI=1S/C45H35N5O3.2C7H8O3S/c1-49-27-3-5-39(29-49)35-13-11-32(12-14-35)31-7-9-33(10-8-31)34-19-23-40(24-20-34)46-43(51)36-15-17-37(18-16-36)44(52)47-41-25-21-38(22-26-41)45(53)48-42-6-4-28-50(2)30-42;2*1-6-2-4-7(5-3-6)11(8,9)10/h3-30H,1-2H3,(H-2,46,47,48,51,52,53);2*2-5H,1H3,(H,8,9,10). The first-order valence-corrected chi connectivity index (χ1v) is 26.0. The number of hydrogen-bond acceptors (Lipinski definition) is 9. The molecule has 0 bridgehead atoms. The van der Waals surface area contributed by atoms with E-state index in [0.717, 1.165) is 33.4 Å². The lowest BCUT2D eigenvalue weighted by Gasteiger charge is -2.09. The van der Waals surface area contributed by atoms with Crippen LogP contribution in [-0.2, 0) is 34.3 Å². The van der Waals surface area contributed by atoms with Gasteiger partial charge in [0.25, 0.3) is 17.7 Å². The van der Waals surface area contributed by atoms with Gasteiger partial charge in [-0.2, -0.15) is 0 Å². The van der Waals surface area contributed by atoms with Gasteiger partial charge in [-0.25, -0.2) is 26.0 Å². The molecule has 9 aromatic rings. The Morgan fingerprint density at radius 3 is 1.00 bits per heavy atom. The third-order valence-corrected chi connectivity index (χ3v) is 13.2. The summed E-state index contributed by atoms with van der Waals surface area (Å²) in [6, 6.07) is 57.2. The topological polar surface area (TPSA) is 209 Å². The van der Waals surface area contributed by atoms with Crippen LogP contribution in [0, 0.1) is 13.8 Å². The smallest absolute Gasteiger partial charge is 0.255 e. The third-order valence-electron chi connectivity index (χ3n) is 11.5. The van der Waals surface area contributed by atoms with Gasteiger partial charge in [0, 0.05) is 45.8 Å². The van der Waals surface area contributed by atoms with Crippen LogP contribution in [0.2, 0.25) is 0 Å². The number of pyridine rings is 2. The number of carbonyl (C=O) groups is 3. The molecule has 2 heterocycles. The summed E-state index contributed by atoms with van der Waals surface area (Å²) in [6.07, 6.45) is 7.83. The van der Waals surface area contributed by atoms with Crippen LogP contribution in [0.3, 0.4) is 0 Å². The van der Waals surface area contributed by atoms with Crippen LogP contribution in [0.25, 0.3) is 33.4 Å². The molecule has 14 nitrogen and oxygen atoms in total. The minimum Gasteiger partial charge on any atom is -0.744 e. The first kappa shape index (κ1) is 53.9. The molecule has 75 heavy (non-hydrogen) atoms. The van der Waals surface area contributed by atoms with Gasteiger partial charge in [-0.15, -0.1) is 0 Å². The van der Waals surface area contributed by atoms with Gasteiger partial charge >= 0.3 is 0 Å². The van der Waals surface area contributed by atoms with Crippen molar-refractivity contribution >= 4 is 55.0 Å². The summed E-state index contributed by atoms with van der Waals surface area (Å²) in [6.45, 7) is 3.64. The Morgan fingerprint density at radius 1 is 0.360 bits per heavy atom. The van der Waals surface area contributed by atoms with Crippen molar-refractivity contribution in [3.05, 3.63) is 247 Å². The largest absolute Gasteiger partial charge is 0.744 e. The summed E-state index contributed by atoms with van der Waals surface area (Å²) >= 11 is 0. The lowest BCUT2D eigenvalue weighted by molar-refractivity contribution is -0.671. The van der Waals surface area contributed by atoms with Crippen molar-refractivity contribution in [2.45, 2.75) is 23.6 Å². The van der Waals surface area contributed by atoms with Crippen molar-refractivity contribution in [3.8, 4) is 33.4 Å². The van der Waals surface area contributed by atoms with Gasteiger partial charge in [0.2, 0.25) is 0 Å². The Morgan fingerprint density at radius 2 is 0.653 bits per heavy atom. The monoisotopic (exact) mass is 1040 g/mol. The molecule has 378 valence electrons. The number of rotatable bonds is 11. The van der Waals surface area contributed by atoms with Crippen molar-refractivity contribution < 1.29 is 49.5 Å². The Kier molecular flexibility index (Phi) is 17.4. The van der Waals surface area contributed by atoms with Crippen molar-refractivity contribution in [1.82, 2.24) is 0 Å². The molecule has 2 aromatic heterocycles. The van der Waals surface area contributed by atoms with E-state index in [1.54, 1.807) is 72.8 Å². The van der Waals surface area contributed by atoms with Gasteiger partial charge < -0.3 is 25.1 Å². The van der Waals surface area contributed by atoms with Gasteiger partial charge in [-0.05, 0) is 139 Å². The molecular formula is C59H51N5O9S2. The van der Waals surface area contributed by atoms with Crippen LogP contribution in [0.4, 0.5) is 17.1 Å². The molecule has 0 aliphatic rings. The minimum absolute atomic E-state index is 0.178.